The molecule has 1 aliphatic heterocycles. The number of aromatic nitrogens is 2. The van der Waals surface area contributed by atoms with Crippen molar-refractivity contribution >= 4 is 11.8 Å². The fraction of sp³-hybridized carbons (Fsp3) is 0.158. The minimum atomic E-state index is -0.471. The number of urea groups is 1. The van der Waals surface area contributed by atoms with Gasteiger partial charge < -0.3 is 10.1 Å². The minimum Gasteiger partial charge on any atom is -0.490 e. The first-order valence-corrected chi connectivity index (χ1v) is 8.40. The predicted octanol–water partition coefficient (Wildman–Crippen LogP) is 3.80. The highest BCUT2D eigenvalue weighted by molar-refractivity contribution is 5.88. The molecule has 2 N–H and O–H groups in total. The first-order valence-electron chi connectivity index (χ1n) is 8.40. The predicted molar refractivity (Wildman–Crippen MR) is 94.9 cm³/mol. The van der Waals surface area contributed by atoms with Crippen molar-refractivity contribution in [3.8, 4) is 11.4 Å². The molecule has 0 saturated carbocycles. The number of ether oxygens (including phenoxy) is 1. The van der Waals surface area contributed by atoms with Gasteiger partial charge in [-0.1, -0.05) is 18.2 Å². The van der Waals surface area contributed by atoms with Crippen LogP contribution in [0.2, 0.25) is 0 Å². The third-order valence-corrected chi connectivity index (χ3v) is 4.23. The number of carbonyl (C=O) groups is 1. The number of para-hydroxylation sites is 1. The van der Waals surface area contributed by atoms with Gasteiger partial charge in [-0.15, -0.1) is 5.10 Å². The van der Waals surface area contributed by atoms with Gasteiger partial charge >= 0.3 is 6.03 Å². The second kappa shape index (κ2) is 7.06. The van der Waals surface area contributed by atoms with E-state index in [0.717, 1.165) is 0 Å². The molecule has 3 aromatic rings. The summed E-state index contributed by atoms with van der Waals surface area (Å²) in [5.74, 6) is -0.346. The summed E-state index contributed by atoms with van der Waals surface area (Å²) < 4.78 is 34.0. The van der Waals surface area contributed by atoms with Gasteiger partial charge in [0.2, 0.25) is 0 Å². The van der Waals surface area contributed by atoms with E-state index in [4.69, 9.17) is 4.74 Å². The molecule has 0 radical (unpaired) electrons. The number of nitrogens with zero attached hydrogens (tertiary/aromatic N) is 2. The van der Waals surface area contributed by atoms with Gasteiger partial charge in [-0.25, -0.2) is 18.3 Å². The molecule has 1 atom stereocenters. The van der Waals surface area contributed by atoms with Gasteiger partial charge in [-0.3, -0.25) is 5.32 Å². The first-order chi connectivity index (χ1) is 13.1. The van der Waals surface area contributed by atoms with Gasteiger partial charge in [-0.2, -0.15) is 0 Å². The molecule has 27 heavy (non-hydrogen) atoms. The van der Waals surface area contributed by atoms with E-state index in [1.165, 1.54) is 22.9 Å². The van der Waals surface area contributed by atoms with E-state index in [2.05, 4.69) is 15.7 Å². The number of carbonyl (C=O) groups excluding carboxylic acids is 1. The van der Waals surface area contributed by atoms with E-state index in [1.54, 1.807) is 36.5 Å². The van der Waals surface area contributed by atoms with Crippen LogP contribution in [0, 0.1) is 11.6 Å². The number of nitrogens with one attached hydrogen (secondary N) is 2. The molecule has 2 amide bonds. The Hall–Kier alpha value is -3.42. The van der Waals surface area contributed by atoms with Crippen LogP contribution in [0.25, 0.3) is 5.69 Å². The quantitative estimate of drug-likeness (QED) is 0.737. The van der Waals surface area contributed by atoms with Crippen molar-refractivity contribution in [1.82, 2.24) is 15.1 Å². The molecule has 1 aromatic heterocycles. The summed E-state index contributed by atoms with van der Waals surface area (Å²) in [6.07, 6.45) is 2.14. The molecule has 1 aliphatic rings. The number of anilines is 1. The Labute approximate surface area is 153 Å². The molecule has 8 heteroatoms. The first kappa shape index (κ1) is 17.0. The lowest BCUT2D eigenvalue weighted by atomic mass is 10.0. The number of hydrogen-bond acceptors (Lipinski definition) is 3. The van der Waals surface area contributed by atoms with Crippen molar-refractivity contribution in [1.29, 1.82) is 0 Å². The lowest BCUT2D eigenvalue weighted by molar-refractivity contribution is 0.227. The molecule has 2 aromatic carbocycles. The molecule has 138 valence electrons. The molecule has 0 saturated heterocycles. The summed E-state index contributed by atoms with van der Waals surface area (Å²) in [6.45, 7) is 0.313. The van der Waals surface area contributed by atoms with Crippen LogP contribution in [0.5, 0.6) is 5.75 Å². The molecule has 0 spiro atoms. The van der Waals surface area contributed by atoms with Gasteiger partial charge in [0.25, 0.3) is 0 Å². The Bertz CT molecular complexity index is 989. The average molecular weight is 370 g/mol. The van der Waals surface area contributed by atoms with E-state index in [0.29, 0.717) is 30.1 Å². The van der Waals surface area contributed by atoms with Crippen LogP contribution >= 0.6 is 0 Å². The second-order valence-corrected chi connectivity index (χ2v) is 6.07. The lowest BCUT2D eigenvalue weighted by Crippen LogP contribution is -2.35. The molecule has 4 rings (SSSR count). The van der Waals surface area contributed by atoms with Crippen molar-refractivity contribution in [2.24, 2.45) is 0 Å². The Morgan fingerprint density at radius 2 is 2.04 bits per heavy atom. The number of benzene rings is 2. The number of amides is 2. The van der Waals surface area contributed by atoms with Crippen LogP contribution in [0.4, 0.5) is 19.4 Å². The zero-order valence-electron chi connectivity index (χ0n) is 14.2. The lowest BCUT2D eigenvalue weighted by Gasteiger charge is -2.26. The Kier molecular flexibility index (Phi) is 4.45. The van der Waals surface area contributed by atoms with Gasteiger partial charge in [-0.05, 0) is 24.3 Å². The van der Waals surface area contributed by atoms with Crippen molar-refractivity contribution in [3.05, 3.63) is 71.9 Å². The summed E-state index contributed by atoms with van der Waals surface area (Å²) in [6, 6.07) is 11.3. The van der Waals surface area contributed by atoms with E-state index < -0.39 is 11.8 Å². The molecule has 0 fully saturated rings. The monoisotopic (exact) mass is 370 g/mol. The van der Waals surface area contributed by atoms with Crippen molar-refractivity contribution in [2.45, 2.75) is 12.5 Å². The molecule has 2 heterocycles. The number of halogens is 2. The van der Waals surface area contributed by atoms with Gasteiger partial charge in [0.15, 0.2) is 17.4 Å². The van der Waals surface area contributed by atoms with Crippen LogP contribution in [-0.2, 0) is 0 Å². The van der Waals surface area contributed by atoms with Crippen LogP contribution in [0.1, 0.15) is 18.0 Å². The number of fused-ring (bicyclic) bond motifs is 1. The van der Waals surface area contributed by atoms with Crippen LogP contribution in [0.15, 0.2) is 54.7 Å². The summed E-state index contributed by atoms with van der Waals surface area (Å²) in [5, 5.41) is 9.64. The maximum Gasteiger partial charge on any atom is 0.320 e. The molecular formula is C19H16F2N4O2. The van der Waals surface area contributed by atoms with Crippen LogP contribution in [0.3, 0.4) is 0 Å². The minimum absolute atomic E-state index is 0.171. The van der Waals surface area contributed by atoms with Crippen molar-refractivity contribution < 1.29 is 18.3 Å². The molecule has 0 unspecified atom stereocenters. The SMILES string of the molecule is O=C(Nc1ccn(-c2cccc(F)c2)n1)N[C@H]1CCOc2c(F)cccc21. The Balaban J connectivity index is 1.45. The number of hydrogen-bond donors (Lipinski definition) is 2. The summed E-state index contributed by atoms with van der Waals surface area (Å²) in [4.78, 5) is 12.3. The zero-order valence-corrected chi connectivity index (χ0v) is 14.2. The third-order valence-electron chi connectivity index (χ3n) is 4.23. The standard InChI is InChI=1S/C19H16F2N4O2/c20-12-3-1-4-13(11-12)25-9-7-17(24-25)23-19(26)22-16-8-10-27-18-14(16)5-2-6-15(18)21/h1-7,9,11,16H,8,10H2,(H2,22,23,24,26)/t16-/m0/s1. The van der Waals surface area contributed by atoms with E-state index >= 15 is 0 Å². The van der Waals surface area contributed by atoms with Crippen molar-refractivity contribution in [3.63, 3.8) is 0 Å². The van der Waals surface area contributed by atoms with Crippen molar-refractivity contribution in [2.75, 3.05) is 11.9 Å². The normalized spacial score (nSPS) is 15.6. The maximum absolute atomic E-state index is 13.8. The highest BCUT2D eigenvalue weighted by Crippen LogP contribution is 2.33. The highest BCUT2D eigenvalue weighted by Gasteiger charge is 2.25. The average Bonchev–Trinajstić information content (AvgIpc) is 3.11. The van der Waals surface area contributed by atoms with E-state index in [9.17, 15) is 13.6 Å². The fourth-order valence-corrected chi connectivity index (χ4v) is 3.00. The smallest absolute Gasteiger partial charge is 0.320 e. The summed E-state index contributed by atoms with van der Waals surface area (Å²) in [7, 11) is 0. The number of rotatable bonds is 3. The fourth-order valence-electron chi connectivity index (χ4n) is 3.00. The maximum atomic E-state index is 13.8. The Morgan fingerprint density at radius 3 is 2.89 bits per heavy atom. The Morgan fingerprint density at radius 1 is 1.19 bits per heavy atom. The molecule has 0 aliphatic carbocycles. The summed E-state index contributed by atoms with van der Waals surface area (Å²) >= 11 is 0. The third kappa shape index (κ3) is 3.59. The van der Waals surface area contributed by atoms with E-state index in [1.807, 2.05) is 0 Å². The van der Waals surface area contributed by atoms with E-state index in [-0.39, 0.29) is 17.6 Å². The van der Waals surface area contributed by atoms with Gasteiger partial charge in [0.05, 0.1) is 18.3 Å². The van der Waals surface area contributed by atoms with Gasteiger partial charge in [0.1, 0.15) is 5.82 Å². The highest BCUT2D eigenvalue weighted by atomic mass is 19.1. The molecule has 6 nitrogen and oxygen atoms in total. The van der Waals surface area contributed by atoms with Gasteiger partial charge in [0, 0.05) is 24.2 Å². The summed E-state index contributed by atoms with van der Waals surface area (Å²) in [5.41, 5.74) is 1.14. The van der Waals surface area contributed by atoms with Crippen LogP contribution in [-0.4, -0.2) is 22.4 Å². The second-order valence-electron chi connectivity index (χ2n) is 6.07. The van der Waals surface area contributed by atoms with Crippen LogP contribution < -0.4 is 15.4 Å². The topological polar surface area (TPSA) is 68.2 Å². The largest absolute Gasteiger partial charge is 0.490 e. The zero-order chi connectivity index (χ0) is 18.8. The molecular weight excluding hydrogens is 354 g/mol. The molecule has 0 bridgehead atoms.